The number of thiazole rings is 1. The van der Waals surface area contributed by atoms with E-state index in [1.165, 1.54) is 11.3 Å². The maximum Gasteiger partial charge on any atom is 0.324 e. The van der Waals surface area contributed by atoms with Crippen LogP contribution in [-0.2, 0) is 11.3 Å². The zero-order valence-corrected chi connectivity index (χ0v) is 16.5. The van der Waals surface area contributed by atoms with Gasteiger partial charge in [-0.3, -0.25) is 19.8 Å². The number of imide groups is 1. The molecule has 0 bridgehead atoms. The van der Waals surface area contributed by atoms with Crippen LogP contribution in [0, 0.1) is 6.92 Å². The number of carbonyl (C=O) groups is 3. The van der Waals surface area contributed by atoms with Gasteiger partial charge in [0, 0.05) is 16.5 Å². The number of nitrogens with zero attached hydrogens (tertiary/aromatic N) is 2. The third-order valence-electron chi connectivity index (χ3n) is 4.64. The van der Waals surface area contributed by atoms with Crippen molar-refractivity contribution < 1.29 is 14.4 Å². The summed E-state index contributed by atoms with van der Waals surface area (Å²) in [6.45, 7) is 2.23. The largest absolute Gasteiger partial charge is 0.329 e. The molecule has 1 aromatic heterocycles. The lowest BCUT2D eigenvalue weighted by Crippen LogP contribution is -2.30. The highest BCUT2D eigenvalue weighted by molar-refractivity contribution is 7.14. The fraction of sp³-hybridized carbons (Fsp3) is 0.143. The van der Waals surface area contributed by atoms with Gasteiger partial charge in [-0.05, 0) is 30.2 Å². The normalized spacial score (nSPS) is 13.5. The standard InChI is InChI=1S/C21H18N4O3S/c1-13-4-2-3-5-16(13)17-12-29-20(23-17)24-19(27)15-8-6-14(7-9-15)11-25-18(26)10-22-21(25)28/h2-9,12H,10-11H2,1H3,(H,22,28)(H,23,24,27). The van der Waals surface area contributed by atoms with Crippen LogP contribution in [0.1, 0.15) is 21.5 Å². The Balaban J connectivity index is 1.42. The second-order valence-corrected chi connectivity index (χ2v) is 7.50. The zero-order valence-electron chi connectivity index (χ0n) is 15.6. The molecule has 0 atom stereocenters. The Morgan fingerprint density at radius 1 is 1.17 bits per heavy atom. The highest BCUT2D eigenvalue weighted by atomic mass is 32.1. The minimum atomic E-state index is -0.398. The van der Waals surface area contributed by atoms with Crippen LogP contribution in [0.15, 0.2) is 53.9 Å². The van der Waals surface area contributed by atoms with Gasteiger partial charge in [-0.2, -0.15) is 0 Å². The van der Waals surface area contributed by atoms with Gasteiger partial charge in [0.25, 0.3) is 5.91 Å². The second-order valence-electron chi connectivity index (χ2n) is 6.64. The average molecular weight is 406 g/mol. The number of amides is 4. The number of aryl methyl sites for hydroxylation is 1. The van der Waals surface area contributed by atoms with Gasteiger partial charge in [-0.1, -0.05) is 36.4 Å². The SMILES string of the molecule is Cc1ccccc1-c1csc(NC(=O)c2ccc(CN3C(=O)CNC3=O)cc2)n1. The molecule has 3 aromatic rings. The molecule has 2 heterocycles. The highest BCUT2D eigenvalue weighted by Crippen LogP contribution is 2.27. The molecule has 0 spiro atoms. The zero-order chi connectivity index (χ0) is 20.4. The van der Waals surface area contributed by atoms with Crippen molar-refractivity contribution in [3.05, 3.63) is 70.6 Å². The van der Waals surface area contributed by atoms with E-state index in [1.54, 1.807) is 24.3 Å². The first-order valence-electron chi connectivity index (χ1n) is 9.01. The quantitative estimate of drug-likeness (QED) is 0.635. The van der Waals surface area contributed by atoms with Crippen molar-refractivity contribution in [3.8, 4) is 11.3 Å². The second kappa shape index (κ2) is 7.84. The molecule has 4 rings (SSSR count). The molecule has 0 aliphatic carbocycles. The number of aromatic nitrogens is 1. The maximum atomic E-state index is 12.5. The molecule has 7 nitrogen and oxygen atoms in total. The van der Waals surface area contributed by atoms with Crippen LogP contribution in [0.25, 0.3) is 11.3 Å². The number of urea groups is 1. The minimum absolute atomic E-state index is 0.0254. The van der Waals surface area contributed by atoms with E-state index in [1.807, 2.05) is 36.6 Å². The fourth-order valence-corrected chi connectivity index (χ4v) is 3.75. The smallest absolute Gasteiger partial charge is 0.324 e. The fourth-order valence-electron chi connectivity index (χ4n) is 3.04. The average Bonchev–Trinajstić information content (AvgIpc) is 3.30. The Kier molecular flexibility index (Phi) is 5.09. The van der Waals surface area contributed by atoms with Crippen molar-refractivity contribution in [2.24, 2.45) is 0 Å². The van der Waals surface area contributed by atoms with E-state index in [2.05, 4.69) is 15.6 Å². The molecule has 0 unspecified atom stereocenters. The molecule has 1 aliphatic rings. The van der Waals surface area contributed by atoms with Crippen LogP contribution in [0.5, 0.6) is 0 Å². The number of nitrogens with one attached hydrogen (secondary N) is 2. The molecule has 1 fully saturated rings. The molecule has 8 heteroatoms. The first-order valence-corrected chi connectivity index (χ1v) is 9.89. The summed E-state index contributed by atoms with van der Waals surface area (Å²) in [5, 5.41) is 7.74. The van der Waals surface area contributed by atoms with Crippen LogP contribution in [0.3, 0.4) is 0 Å². The van der Waals surface area contributed by atoms with E-state index < -0.39 is 6.03 Å². The number of hydrogen-bond donors (Lipinski definition) is 2. The lowest BCUT2D eigenvalue weighted by atomic mass is 10.1. The van der Waals surface area contributed by atoms with Crippen molar-refractivity contribution in [3.63, 3.8) is 0 Å². The third-order valence-corrected chi connectivity index (χ3v) is 5.40. The number of hydrogen-bond acceptors (Lipinski definition) is 5. The van der Waals surface area contributed by atoms with Gasteiger partial charge >= 0.3 is 6.03 Å². The molecule has 2 aromatic carbocycles. The van der Waals surface area contributed by atoms with E-state index in [0.29, 0.717) is 10.7 Å². The summed E-state index contributed by atoms with van der Waals surface area (Å²) < 4.78 is 0. The number of rotatable bonds is 5. The van der Waals surface area contributed by atoms with Gasteiger partial charge in [-0.25, -0.2) is 9.78 Å². The van der Waals surface area contributed by atoms with Crippen LogP contribution < -0.4 is 10.6 Å². The lowest BCUT2D eigenvalue weighted by molar-refractivity contribution is -0.125. The van der Waals surface area contributed by atoms with E-state index in [-0.39, 0.29) is 24.9 Å². The van der Waals surface area contributed by atoms with Crippen LogP contribution in [0.2, 0.25) is 0 Å². The summed E-state index contributed by atoms with van der Waals surface area (Å²) in [6, 6.07) is 14.4. The molecular weight excluding hydrogens is 388 g/mol. The molecule has 1 saturated heterocycles. The summed E-state index contributed by atoms with van der Waals surface area (Å²) >= 11 is 1.37. The third kappa shape index (κ3) is 4.02. The van der Waals surface area contributed by atoms with Gasteiger partial charge in [0.15, 0.2) is 5.13 Å². The summed E-state index contributed by atoms with van der Waals surface area (Å²) in [5.74, 6) is -0.526. The van der Waals surface area contributed by atoms with Crippen molar-refractivity contribution in [2.45, 2.75) is 13.5 Å². The van der Waals surface area contributed by atoms with Crippen molar-refractivity contribution in [1.29, 1.82) is 0 Å². The van der Waals surface area contributed by atoms with E-state index >= 15 is 0 Å². The number of carbonyl (C=O) groups excluding carboxylic acids is 3. The molecule has 29 heavy (non-hydrogen) atoms. The van der Waals surface area contributed by atoms with Crippen molar-refractivity contribution >= 4 is 34.3 Å². The lowest BCUT2D eigenvalue weighted by Gasteiger charge is -2.12. The van der Waals surface area contributed by atoms with Crippen LogP contribution in [-0.4, -0.2) is 34.3 Å². The predicted octanol–water partition coefficient (Wildman–Crippen LogP) is 3.42. The Morgan fingerprint density at radius 2 is 1.93 bits per heavy atom. The summed E-state index contributed by atoms with van der Waals surface area (Å²) in [7, 11) is 0. The number of benzene rings is 2. The minimum Gasteiger partial charge on any atom is -0.329 e. The van der Waals surface area contributed by atoms with Gasteiger partial charge < -0.3 is 5.32 Å². The number of anilines is 1. The molecule has 0 saturated carbocycles. The summed E-state index contributed by atoms with van der Waals surface area (Å²) in [5.41, 5.74) is 4.22. The molecule has 2 N–H and O–H groups in total. The van der Waals surface area contributed by atoms with Crippen LogP contribution in [0.4, 0.5) is 9.93 Å². The Morgan fingerprint density at radius 3 is 2.62 bits per heavy atom. The summed E-state index contributed by atoms with van der Waals surface area (Å²) in [6.07, 6.45) is 0. The van der Waals surface area contributed by atoms with Gasteiger partial charge in [0.2, 0.25) is 5.91 Å². The first-order chi connectivity index (χ1) is 14.0. The van der Waals surface area contributed by atoms with Gasteiger partial charge in [0.1, 0.15) is 0 Å². The van der Waals surface area contributed by atoms with Crippen molar-refractivity contribution in [2.75, 3.05) is 11.9 Å². The molecule has 146 valence electrons. The van der Waals surface area contributed by atoms with Crippen molar-refractivity contribution in [1.82, 2.24) is 15.2 Å². The van der Waals surface area contributed by atoms with Gasteiger partial charge in [0.05, 0.1) is 18.8 Å². The highest BCUT2D eigenvalue weighted by Gasteiger charge is 2.28. The molecule has 4 amide bonds. The Bertz CT molecular complexity index is 1080. The topological polar surface area (TPSA) is 91.4 Å². The van der Waals surface area contributed by atoms with E-state index in [4.69, 9.17) is 0 Å². The van der Waals surface area contributed by atoms with Gasteiger partial charge in [-0.15, -0.1) is 11.3 Å². The molecule has 0 radical (unpaired) electrons. The summed E-state index contributed by atoms with van der Waals surface area (Å²) in [4.78, 5) is 41.5. The Hall–Kier alpha value is -3.52. The predicted molar refractivity (Wildman–Crippen MR) is 111 cm³/mol. The van der Waals surface area contributed by atoms with E-state index in [9.17, 15) is 14.4 Å². The molecular formula is C21H18N4O3S. The monoisotopic (exact) mass is 406 g/mol. The molecule has 1 aliphatic heterocycles. The maximum absolute atomic E-state index is 12.5. The Labute approximate surface area is 171 Å². The van der Waals surface area contributed by atoms with E-state index in [0.717, 1.165) is 27.3 Å². The van der Waals surface area contributed by atoms with Crippen LogP contribution >= 0.6 is 11.3 Å². The first kappa shape index (κ1) is 18.8.